The van der Waals surface area contributed by atoms with Crippen LogP contribution in [0.1, 0.15) is 47.0 Å². The molecule has 0 spiro atoms. The maximum Gasteiger partial charge on any atom is 0.257 e. The van der Waals surface area contributed by atoms with Crippen LogP contribution in [0.3, 0.4) is 0 Å². The Bertz CT molecular complexity index is 1570. The number of carbonyl (C=O) groups is 1. The van der Waals surface area contributed by atoms with Crippen molar-refractivity contribution >= 4 is 17.7 Å². The van der Waals surface area contributed by atoms with Crippen molar-refractivity contribution in [1.29, 1.82) is 0 Å². The molecule has 0 saturated carbocycles. The Morgan fingerprint density at radius 1 is 1.06 bits per heavy atom. The first-order valence-corrected chi connectivity index (χ1v) is 13.4. The Morgan fingerprint density at radius 3 is 2.72 bits per heavy atom. The number of carbonyl (C=O) groups excluding carboxylic acids is 1. The molecule has 3 aliphatic rings. The van der Waals surface area contributed by atoms with Crippen molar-refractivity contribution in [2.24, 2.45) is 0 Å². The van der Waals surface area contributed by atoms with Gasteiger partial charge in [0.2, 0.25) is 5.91 Å². The molecular weight excluding hydrogens is 472 g/mol. The molecule has 0 radical (unpaired) electrons. The van der Waals surface area contributed by atoms with Gasteiger partial charge in [-0.05, 0) is 49.9 Å². The second kappa shape index (κ2) is 8.23. The van der Waals surface area contributed by atoms with Crippen molar-refractivity contribution in [1.82, 2.24) is 28.8 Å². The third-order valence-corrected chi connectivity index (χ3v) is 8.65. The highest BCUT2D eigenvalue weighted by atomic mass is 32.2. The zero-order chi connectivity index (χ0) is 24.4. The molecule has 1 amide bonds. The minimum Gasteiger partial charge on any atom is -0.332 e. The van der Waals surface area contributed by atoms with Crippen LogP contribution in [0.25, 0.3) is 11.5 Å². The summed E-state index contributed by atoms with van der Waals surface area (Å²) in [6, 6.07) is 12.1. The van der Waals surface area contributed by atoms with E-state index in [-0.39, 0.29) is 17.5 Å². The summed E-state index contributed by atoms with van der Waals surface area (Å²) in [5.74, 6) is 1.74. The standard InChI is InChI=1S/C27H26N6O2S/c1-17-7-2-3-10-23(17)33-25(30-11-4-5-12-30)20-14-31(15-22(20)29-33)24(34)13-18-16-36-27-28-21-9-6-8-19(21)26(35)32(18)27/h2-5,7,10-12,18H,6,8-9,13-16H2,1H3. The van der Waals surface area contributed by atoms with E-state index in [4.69, 9.17) is 10.1 Å². The Kier molecular flexibility index (Phi) is 4.95. The van der Waals surface area contributed by atoms with E-state index in [1.54, 1.807) is 16.3 Å². The number of hydrogen-bond acceptors (Lipinski definition) is 5. The van der Waals surface area contributed by atoms with Gasteiger partial charge in [0, 0.05) is 35.7 Å². The predicted molar refractivity (Wildman–Crippen MR) is 137 cm³/mol. The van der Waals surface area contributed by atoms with E-state index in [1.165, 1.54) is 0 Å². The van der Waals surface area contributed by atoms with Gasteiger partial charge in [-0.2, -0.15) is 5.10 Å². The number of rotatable bonds is 4. The largest absolute Gasteiger partial charge is 0.332 e. The van der Waals surface area contributed by atoms with Gasteiger partial charge in [-0.3, -0.25) is 14.2 Å². The smallest absolute Gasteiger partial charge is 0.257 e. The minimum atomic E-state index is -0.146. The van der Waals surface area contributed by atoms with Crippen LogP contribution in [0.15, 0.2) is 58.7 Å². The van der Waals surface area contributed by atoms with Crippen LogP contribution in [0, 0.1) is 6.92 Å². The lowest BCUT2D eigenvalue weighted by molar-refractivity contribution is -0.132. The Labute approximate surface area is 212 Å². The molecule has 3 aromatic heterocycles. The lowest BCUT2D eigenvalue weighted by atomic mass is 10.2. The summed E-state index contributed by atoms with van der Waals surface area (Å²) in [6.45, 7) is 3.07. The zero-order valence-corrected chi connectivity index (χ0v) is 20.9. The van der Waals surface area contributed by atoms with Gasteiger partial charge in [0.15, 0.2) is 5.16 Å². The molecule has 2 aliphatic heterocycles. The van der Waals surface area contributed by atoms with Crippen molar-refractivity contribution in [3.05, 3.63) is 87.2 Å². The molecule has 5 heterocycles. The van der Waals surface area contributed by atoms with Crippen molar-refractivity contribution in [3.8, 4) is 11.5 Å². The Morgan fingerprint density at radius 2 is 1.89 bits per heavy atom. The predicted octanol–water partition coefficient (Wildman–Crippen LogP) is 3.60. The number of para-hydroxylation sites is 1. The fraction of sp³-hybridized carbons (Fsp3) is 0.333. The van der Waals surface area contributed by atoms with Crippen LogP contribution < -0.4 is 5.56 Å². The molecule has 0 saturated heterocycles. The van der Waals surface area contributed by atoms with E-state index in [1.807, 2.05) is 46.2 Å². The second-order valence-corrected chi connectivity index (χ2v) is 10.8. The van der Waals surface area contributed by atoms with E-state index < -0.39 is 0 Å². The highest BCUT2D eigenvalue weighted by Crippen LogP contribution is 2.36. The highest BCUT2D eigenvalue weighted by molar-refractivity contribution is 7.99. The summed E-state index contributed by atoms with van der Waals surface area (Å²) >= 11 is 1.59. The number of aryl methyl sites for hydroxylation is 2. The molecule has 8 nitrogen and oxygen atoms in total. The van der Waals surface area contributed by atoms with Gasteiger partial charge in [0.25, 0.3) is 5.56 Å². The number of nitrogens with zero attached hydrogens (tertiary/aromatic N) is 6. The Hall–Kier alpha value is -3.59. The SMILES string of the molecule is Cc1ccccc1-n1nc2c(c1-n1cccc1)CN(C(=O)CC1CSc3nc4c(c(=O)n31)CCC4)C2. The summed E-state index contributed by atoms with van der Waals surface area (Å²) in [5.41, 5.74) is 6.04. The van der Waals surface area contributed by atoms with Crippen LogP contribution >= 0.6 is 11.8 Å². The lowest BCUT2D eigenvalue weighted by Gasteiger charge is -2.20. The fourth-order valence-electron chi connectivity index (χ4n) is 5.72. The van der Waals surface area contributed by atoms with Gasteiger partial charge in [-0.15, -0.1) is 0 Å². The normalized spacial score (nSPS) is 17.9. The van der Waals surface area contributed by atoms with Gasteiger partial charge in [-0.25, -0.2) is 9.67 Å². The molecule has 0 fully saturated rings. The first-order chi connectivity index (χ1) is 17.6. The third-order valence-electron chi connectivity index (χ3n) is 7.56. The number of benzene rings is 1. The van der Waals surface area contributed by atoms with E-state index in [2.05, 4.69) is 23.6 Å². The highest BCUT2D eigenvalue weighted by Gasteiger charge is 2.35. The summed E-state index contributed by atoms with van der Waals surface area (Å²) in [6.07, 6.45) is 7.01. The maximum absolute atomic E-state index is 13.5. The maximum atomic E-state index is 13.5. The average Bonchev–Trinajstić information content (AvgIpc) is 3.67. The zero-order valence-electron chi connectivity index (χ0n) is 20.1. The molecule has 1 aromatic carbocycles. The minimum absolute atomic E-state index is 0.0553. The summed E-state index contributed by atoms with van der Waals surface area (Å²) in [7, 11) is 0. The molecule has 9 heteroatoms. The summed E-state index contributed by atoms with van der Waals surface area (Å²) in [4.78, 5) is 33.2. The van der Waals surface area contributed by atoms with Crippen molar-refractivity contribution in [2.75, 3.05) is 5.75 Å². The molecule has 1 unspecified atom stereocenters. The topological polar surface area (TPSA) is 78.0 Å². The van der Waals surface area contributed by atoms with Crippen molar-refractivity contribution < 1.29 is 4.79 Å². The first kappa shape index (κ1) is 21.7. The van der Waals surface area contributed by atoms with Crippen molar-refractivity contribution in [3.63, 3.8) is 0 Å². The number of fused-ring (bicyclic) bond motifs is 3. The molecular formula is C27H26N6O2S. The van der Waals surface area contributed by atoms with Gasteiger partial charge >= 0.3 is 0 Å². The van der Waals surface area contributed by atoms with Crippen LogP contribution in [0.2, 0.25) is 0 Å². The monoisotopic (exact) mass is 498 g/mol. The van der Waals surface area contributed by atoms with E-state index in [9.17, 15) is 9.59 Å². The lowest BCUT2D eigenvalue weighted by Crippen LogP contribution is -2.33. The quantitative estimate of drug-likeness (QED) is 0.402. The van der Waals surface area contributed by atoms with E-state index in [0.29, 0.717) is 25.3 Å². The van der Waals surface area contributed by atoms with Crippen molar-refractivity contribution in [2.45, 2.75) is 56.9 Å². The van der Waals surface area contributed by atoms with Gasteiger partial charge < -0.3 is 9.47 Å². The molecule has 0 N–H and O–H groups in total. The third kappa shape index (κ3) is 3.29. The average molecular weight is 499 g/mol. The summed E-state index contributed by atoms with van der Waals surface area (Å²) in [5, 5.41) is 5.74. The number of amides is 1. The summed E-state index contributed by atoms with van der Waals surface area (Å²) < 4.78 is 5.85. The molecule has 36 heavy (non-hydrogen) atoms. The van der Waals surface area contributed by atoms with Gasteiger partial charge in [-0.1, -0.05) is 30.0 Å². The molecule has 1 atom stereocenters. The van der Waals surface area contributed by atoms with Gasteiger partial charge in [0.1, 0.15) is 5.82 Å². The molecule has 4 aromatic rings. The van der Waals surface area contributed by atoms with E-state index in [0.717, 1.165) is 64.0 Å². The fourth-order valence-corrected chi connectivity index (χ4v) is 6.88. The molecule has 0 bridgehead atoms. The number of aromatic nitrogens is 5. The second-order valence-electron chi connectivity index (χ2n) is 9.80. The Balaban J connectivity index is 1.17. The van der Waals surface area contributed by atoms with E-state index >= 15 is 0 Å². The van der Waals surface area contributed by atoms with Crippen LogP contribution in [-0.2, 0) is 30.7 Å². The molecule has 7 rings (SSSR count). The number of thioether (sulfide) groups is 1. The van der Waals surface area contributed by atoms with Crippen LogP contribution in [0.4, 0.5) is 0 Å². The van der Waals surface area contributed by atoms with Crippen LogP contribution in [-0.4, -0.2) is 40.5 Å². The molecule has 182 valence electrons. The number of hydrogen-bond donors (Lipinski definition) is 0. The van der Waals surface area contributed by atoms with Gasteiger partial charge in [0.05, 0.1) is 36.2 Å². The molecule has 1 aliphatic carbocycles. The van der Waals surface area contributed by atoms with Crippen LogP contribution in [0.5, 0.6) is 0 Å². The first-order valence-electron chi connectivity index (χ1n) is 12.4.